The van der Waals surface area contributed by atoms with Crippen molar-refractivity contribution in [3.8, 4) is 0 Å². The fourth-order valence-corrected chi connectivity index (χ4v) is 1.18. The molecule has 0 saturated heterocycles. The Balaban J connectivity index is 2.41. The van der Waals surface area contributed by atoms with Crippen LogP contribution in [0.2, 0.25) is 0 Å². The number of hydrogen-bond acceptors (Lipinski definition) is 5. The van der Waals surface area contributed by atoms with Crippen molar-refractivity contribution in [3.05, 3.63) is 29.6 Å². The van der Waals surface area contributed by atoms with Crippen molar-refractivity contribution in [2.45, 2.75) is 13.2 Å². The summed E-state index contributed by atoms with van der Waals surface area (Å²) in [5, 5.41) is 16.8. The Morgan fingerprint density at radius 1 is 1.00 bits per heavy atom. The highest BCUT2D eigenvalue weighted by molar-refractivity contribution is 5.68. The van der Waals surface area contributed by atoms with Crippen molar-refractivity contribution in [1.82, 2.24) is 4.98 Å². The number of ether oxygens (including phenoxy) is 2. The third-order valence-electron chi connectivity index (χ3n) is 1.82. The van der Waals surface area contributed by atoms with Crippen LogP contribution in [0.15, 0.2) is 18.2 Å². The molecule has 0 fully saturated rings. The van der Waals surface area contributed by atoms with E-state index in [0.29, 0.717) is 11.4 Å². The van der Waals surface area contributed by atoms with E-state index in [1.807, 2.05) is 0 Å². The van der Waals surface area contributed by atoms with E-state index in [1.165, 1.54) is 0 Å². The maximum atomic E-state index is 10.2. The lowest BCUT2D eigenvalue weighted by molar-refractivity contribution is -0.143. The Morgan fingerprint density at radius 2 is 1.44 bits per heavy atom. The van der Waals surface area contributed by atoms with Crippen molar-refractivity contribution in [2.75, 3.05) is 13.2 Å². The summed E-state index contributed by atoms with van der Waals surface area (Å²) >= 11 is 0. The minimum absolute atomic E-state index is 0.0824. The molecule has 1 aromatic rings. The van der Waals surface area contributed by atoms with Crippen molar-refractivity contribution in [3.63, 3.8) is 0 Å². The van der Waals surface area contributed by atoms with E-state index in [9.17, 15) is 9.59 Å². The summed E-state index contributed by atoms with van der Waals surface area (Å²) < 4.78 is 9.76. The van der Waals surface area contributed by atoms with E-state index in [-0.39, 0.29) is 26.4 Å². The van der Waals surface area contributed by atoms with Gasteiger partial charge in [0.2, 0.25) is 0 Å². The predicted molar refractivity (Wildman–Crippen MR) is 58.8 cm³/mol. The van der Waals surface area contributed by atoms with Crippen molar-refractivity contribution < 1.29 is 29.3 Å². The normalized spacial score (nSPS) is 10.2. The monoisotopic (exact) mass is 255 g/mol. The van der Waals surface area contributed by atoms with Crippen LogP contribution in [0, 0.1) is 0 Å². The molecule has 0 atom stereocenters. The Labute approximate surface area is 103 Å². The number of rotatable bonds is 8. The van der Waals surface area contributed by atoms with Crippen molar-refractivity contribution >= 4 is 11.9 Å². The fourth-order valence-electron chi connectivity index (χ4n) is 1.18. The largest absolute Gasteiger partial charge is 0.480 e. The number of hydrogen-bond donors (Lipinski definition) is 2. The van der Waals surface area contributed by atoms with Crippen molar-refractivity contribution in [1.29, 1.82) is 0 Å². The summed E-state index contributed by atoms with van der Waals surface area (Å²) in [5.74, 6) is -2.09. The van der Waals surface area contributed by atoms with Gasteiger partial charge in [-0.3, -0.25) is 4.98 Å². The van der Waals surface area contributed by atoms with Gasteiger partial charge in [0.15, 0.2) is 0 Å². The molecule has 0 aliphatic rings. The molecule has 18 heavy (non-hydrogen) atoms. The molecule has 1 rings (SSSR count). The standard InChI is InChI=1S/C11H13NO6/c13-10(14)6-17-4-8-2-1-3-9(12-8)5-18-7-11(15)16/h1-3H,4-7H2,(H,13,14)(H,15,16). The molecule has 98 valence electrons. The SMILES string of the molecule is O=C(O)COCc1cccc(COCC(=O)O)n1. The van der Waals surface area contributed by atoms with E-state index in [2.05, 4.69) is 4.98 Å². The van der Waals surface area contributed by atoms with Crippen LogP contribution in [-0.2, 0) is 32.3 Å². The second-order valence-electron chi connectivity index (χ2n) is 3.39. The molecule has 0 radical (unpaired) electrons. The molecule has 0 aliphatic heterocycles. The minimum atomic E-state index is -1.05. The highest BCUT2D eigenvalue weighted by Crippen LogP contribution is 2.02. The van der Waals surface area contributed by atoms with Crippen LogP contribution in [0.1, 0.15) is 11.4 Å². The van der Waals surface area contributed by atoms with Gasteiger partial charge in [-0.15, -0.1) is 0 Å². The van der Waals surface area contributed by atoms with Gasteiger partial charge in [-0.25, -0.2) is 9.59 Å². The highest BCUT2D eigenvalue weighted by Gasteiger charge is 2.02. The molecule has 0 aliphatic carbocycles. The molecule has 0 saturated carbocycles. The van der Waals surface area contributed by atoms with Crippen molar-refractivity contribution in [2.24, 2.45) is 0 Å². The van der Waals surface area contributed by atoms with E-state index in [0.717, 1.165) is 0 Å². The van der Waals surface area contributed by atoms with E-state index < -0.39 is 11.9 Å². The molecule has 0 aromatic carbocycles. The number of carboxylic acids is 2. The van der Waals surface area contributed by atoms with Gasteiger partial charge >= 0.3 is 11.9 Å². The quantitative estimate of drug-likeness (QED) is 0.687. The number of nitrogens with zero attached hydrogens (tertiary/aromatic N) is 1. The second-order valence-corrected chi connectivity index (χ2v) is 3.39. The third-order valence-corrected chi connectivity index (χ3v) is 1.82. The summed E-state index contributed by atoms with van der Waals surface area (Å²) in [6.07, 6.45) is 0. The summed E-state index contributed by atoms with van der Waals surface area (Å²) in [6, 6.07) is 5.08. The summed E-state index contributed by atoms with van der Waals surface area (Å²) in [6.45, 7) is -0.610. The van der Waals surface area contributed by atoms with Crippen LogP contribution in [0.25, 0.3) is 0 Å². The lowest BCUT2D eigenvalue weighted by Gasteiger charge is -2.04. The molecule has 1 heterocycles. The van der Waals surface area contributed by atoms with Crippen LogP contribution in [-0.4, -0.2) is 40.3 Å². The maximum Gasteiger partial charge on any atom is 0.329 e. The lowest BCUT2D eigenvalue weighted by Crippen LogP contribution is -2.09. The first-order valence-corrected chi connectivity index (χ1v) is 5.12. The van der Waals surface area contributed by atoms with Gasteiger partial charge in [0.25, 0.3) is 0 Å². The number of pyridine rings is 1. The van der Waals surface area contributed by atoms with Crippen LogP contribution >= 0.6 is 0 Å². The zero-order valence-corrected chi connectivity index (χ0v) is 9.54. The first-order valence-electron chi connectivity index (χ1n) is 5.12. The second kappa shape index (κ2) is 7.36. The van der Waals surface area contributed by atoms with Crippen LogP contribution < -0.4 is 0 Å². The van der Waals surface area contributed by atoms with Gasteiger partial charge in [0.1, 0.15) is 13.2 Å². The molecular formula is C11H13NO6. The van der Waals surface area contributed by atoms with Gasteiger partial charge in [0, 0.05) is 0 Å². The zero-order chi connectivity index (χ0) is 13.4. The zero-order valence-electron chi connectivity index (χ0n) is 9.54. The van der Waals surface area contributed by atoms with Gasteiger partial charge in [-0.05, 0) is 12.1 Å². The van der Waals surface area contributed by atoms with Gasteiger partial charge in [-0.2, -0.15) is 0 Å². The summed E-state index contributed by atoms with van der Waals surface area (Å²) in [5.41, 5.74) is 1.13. The van der Waals surface area contributed by atoms with Crippen LogP contribution in [0.3, 0.4) is 0 Å². The Morgan fingerprint density at radius 3 is 1.83 bits per heavy atom. The van der Waals surface area contributed by atoms with Crippen LogP contribution in [0.4, 0.5) is 0 Å². The Kier molecular flexibility index (Phi) is 5.75. The average molecular weight is 255 g/mol. The molecular weight excluding hydrogens is 242 g/mol. The van der Waals surface area contributed by atoms with Gasteiger partial charge in [-0.1, -0.05) is 6.07 Å². The molecule has 0 spiro atoms. The number of aliphatic carboxylic acids is 2. The van der Waals surface area contributed by atoms with Gasteiger partial charge < -0.3 is 19.7 Å². The topological polar surface area (TPSA) is 106 Å². The molecule has 7 heteroatoms. The first-order chi connectivity index (χ1) is 8.58. The maximum absolute atomic E-state index is 10.2. The highest BCUT2D eigenvalue weighted by atomic mass is 16.5. The Hall–Kier alpha value is -1.99. The minimum Gasteiger partial charge on any atom is -0.480 e. The summed E-state index contributed by atoms with van der Waals surface area (Å²) in [4.78, 5) is 24.6. The number of carbonyl (C=O) groups is 2. The molecule has 1 aromatic heterocycles. The van der Waals surface area contributed by atoms with Crippen LogP contribution in [0.5, 0.6) is 0 Å². The molecule has 0 bridgehead atoms. The average Bonchev–Trinajstić information content (AvgIpc) is 2.28. The number of carboxylic acid groups (broad SMARTS) is 2. The number of aromatic nitrogens is 1. The predicted octanol–water partition coefficient (Wildman–Crippen LogP) is 0.284. The smallest absolute Gasteiger partial charge is 0.329 e. The molecule has 0 unspecified atom stereocenters. The van der Waals surface area contributed by atoms with E-state index in [1.54, 1.807) is 18.2 Å². The third kappa shape index (κ3) is 5.92. The lowest BCUT2D eigenvalue weighted by atomic mass is 10.3. The van der Waals surface area contributed by atoms with Gasteiger partial charge in [0.05, 0.1) is 24.6 Å². The molecule has 0 amide bonds. The Bertz CT molecular complexity index is 384. The summed E-state index contributed by atoms with van der Waals surface area (Å²) in [7, 11) is 0. The molecule has 2 N–H and O–H groups in total. The van der Waals surface area contributed by atoms with E-state index in [4.69, 9.17) is 19.7 Å². The first kappa shape index (κ1) is 14.1. The van der Waals surface area contributed by atoms with E-state index >= 15 is 0 Å². The molecule has 7 nitrogen and oxygen atoms in total. The fraction of sp³-hybridized carbons (Fsp3) is 0.364.